The van der Waals surface area contributed by atoms with E-state index in [4.69, 9.17) is 11.6 Å². The molecule has 0 aliphatic heterocycles. The van der Waals surface area contributed by atoms with E-state index in [-0.39, 0.29) is 0 Å². The van der Waals surface area contributed by atoms with Crippen LogP contribution in [0.4, 0.5) is 11.5 Å². The van der Waals surface area contributed by atoms with Crippen LogP contribution >= 0.6 is 34.2 Å². The van der Waals surface area contributed by atoms with E-state index < -0.39 is 0 Å². The molecule has 0 aliphatic rings. The van der Waals surface area contributed by atoms with Crippen molar-refractivity contribution >= 4 is 45.7 Å². The van der Waals surface area contributed by atoms with Gasteiger partial charge in [0.15, 0.2) is 0 Å². The number of hydrogen-bond donors (Lipinski definition) is 1. The van der Waals surface area contributed by atoms with Crippen LogP contribution in [-0.4, -0.2) is 9.97 Å². The van der Waals surface area contributed by atoms with Crippen molar-refractivity contribution in [2.24, 2.45) is 0 Å². The lowest BCUT2D eigenvalue weighted by Crippen LogP contribution is -1.95. The Balaban J connectivity index is 2.26. The highest BCUT2D eigenvalue weighted by Crippen LogP contribution is 2.21. The maximum absolute atomic E-state index is 5.76. The lowest BCUT2D eigenvalue weighted by molar-refractivity contribution is 1.17. The Hall–Kier alpha value is -0.880. The van der Waals surface area contributed by atoms with Crippen LogP contribution in [0.5, 0.6) is 0 Å². The van der Waals surface area contributed by atoms with Crippen molar-refractivity contribution in [1.82, 2.24) is 9.97 Å². The molecule has 1 heterocycles. The monoisotopic (exact) mass is 331 g/mol. The Bertz CT molecular complexity index is 476. The number of aromatic nitrogens is 2. The summed E-state index contributed by atoms with van der Waals surface area (Å²) >= 11 is 8.01. The van der Waals surface area contributed by atoms with Crippen LogP contribution < -0.4 is 5.32 Å². The van der Waals surface area contributed by atoms with Crippen molar-refractivity contribution in [3.63, 3.8) is 0 Å². The first kappa shape index (κ1) is 10.6. The first-order valence-corrected chi connectivity index (χ1v) is 5.70. The average molecular weight is 332 g/mol. The van der Waals surface area contributed by atoms with Gasteiger partial charge < -0.3 is 5.32 Å². The van der Waals surface area contributed by atoms with Crippen LogP contribution in [0.1, 0.15) is 0 Å². The number of anilines is 2. The second-order valence-electron chi connectivity index (χ2n) is 2.83. The van der Waals surface area contributed by atoms with Gasteiger partial charge in [0.2, 0.25) is 0 Å². The molecular weight excluding hydrogens is 324 g/mol. The molecule has 5 heteroatoms. The summed E-state index contributed by atoms with van der Waals surface area (Å²) in [6, 6.07) is 9.64. The molecule has 3 nitrogen and oxygen atoms in total. The van der Waals surface area contributed by atoms with Gasteiger partial charge in [-0.3, -0.25) is 0 Å². The zero-order chi connectivity index (χ0) is 10.7. The molecule has 0 aliphatic carbocycles. The molecule has 0 amide bonds. The standard InChI is InChI=1S/C10H7ClIN3/c11-9-5-10(14-6-13-9)15-8-4-2-1-3-7(8)12/h1-6H,(H,13,14,15). The highest BCUT2D eigenvalue weighted by molar-refractivity contribution is 14.1. The van der Waals surface area contributed by atoms with Gasteiger partial charge in [0.05, 0.1) is 5.69 Å². The Labute approximate surface area is 106 Å². The molecule has 0 spiro atoms. The van der Waals surface area contributed by atoms with Gasteiger partial charge >= 0.3 is 0 Å². The van der Waals surface area contributed by atoms with E-state index in [0.29, 0.717) is 11.0 Å². The Morgan fingerprint density at radius 2 is 2.00 bits per heavy atom. The van der Waals surface area contributed by atoms with E-state index in [1.807, 2.05) is 24.3 Å². The summed E-state index contributed by atoms with van der Waals surface area (Å²) in [5.41, 5.74) is 1.01. The fourth-order valence-electron chi connectivity index (χ4n) is 1.10. The molecule has 0 saturated heterocycles. The van der Waals surface area contributed by atoms with Crippen molar-refractivity contribution < 1.29 is 0 Å². The third kappa shape index (κ3) is 2.79. The van der Waals surface area contributed by atoms with Crippen LogP contribution in [0, 0.1) is 3.57 Å². The van der Waals surface area contributed by atoms with Crippen molar-refractivity contribution in [3.05, 3.63) is 45.4 Å². The summed E-state index contributed by atoms with van der Waals surface area (Å²) in [6.45, 7) is 0. The van der Waals surface area contributed by atoms with Gasteiger partial charge in [0, 0.05) is 9.64 Å². The number of rotatable bonds is 2. The van der Waals surface area contributed by atoms with Gasteiger partial charge in [-0.15, -0.1) is 0 Å². The minimum atomic E-state index is 0.429. The van der Waals surface area contributed by atoms with Crippen LogP contribution in [0.2, 0.25) is 5.15 Å². The zero-order valence-corrected chi connectivity index (χ0v) is 10.5. The normalized spacial score (nSPS) is 10.0. The van der Waals surface area contributed by atoms with Gasteiger partial charge in [0.1, 0.15) is 17.3 Å². The first-order valence-electron chi connectivity index (χ1n) is 4.25. The Morgan fingerprint density at radius 3 is 2.73 bits per heavy atom. The smallest absolute Gasteiger partial charge is 0.135 e. The minimum Gasteiger partial charge on any atom is -0.339 e. The molecule has 1 aromatic carbocycles. The second kappa shape index (κ2) is 4.76. The van der Waals surface area contributed by atoms with E-state index in [0.717, 1.165) is 9.26 Å². The SMILES string of the molecule is Clc1cc(Nc2ccccc2I)ncn1. The van der Waals surface area contributed by atoms with Crippen LogP contribution in [0.25, 0.3) is 0 Å². The average Bonchev–Trinajstić information content (AvgIpc) is 2.22. The third-order valence-corrected chi connectivity index (χ3v) is 2.92. The van der Waals surface area contributed by atoms with Gasteiger partial charge in [-0.05, 0) is 34.7 Å². The zero-order valence-electron chi connectivity index (χ0n) is 7.61. The number of benzene rings is 1. The van der Waals surface area contributed by atoms with Gasteiger partial charge in [-0.1, -0.05) is 23.7 Å². The summed E-state index contributed by atoms with van der Waals surface area (Å²) in [6.07, 6.45) is 1.43. The third-order valence-electron chi connectivity index (χ3n) is 1.77. The molecule has 1 aromatic heterocycles. The molecule has 76 valence electrons. The summed E-state index contributed by atoms with van der Waals surface area (Å²) < 4.78 is 1.13. The predicted molar refractivity (Wildman–Crippen MR) is 69.5 cm³/mol. The Morgan fingerprint density at radius 1 is 1.20 bits per heavy atom. The quantitative estimate of drug-likeness (QED) is 0.676. The van der Waals surface area contributed by atoms with E-state index in [1.165, 1.54) is 6.33 Å². The molecule has 0 radical (unpaired) electrons. The van der Waals surface area contributed by atoms with E-state index in [2.05, 4.69) is 37.9 Å². The molecular formula is C10H7ClIN3. The highest BCUT2D eigenvalue weighted by Gasteiger charge is 2.00. The van der Waals surface area contributed by atoms with Crippen LogP contribution in [0.3, 0.4) is 0 Å². The molecule has 2 aromatic rings. The van der Waals surface area contributed by atoms with Gasteiger partial charge in [-0.2, -0.15) is 0 Å². The molecule has 0 bridgehead atoms. The topological polar surface area (TPSA) is 37.8 Å². The van der Waals surface area contributed by atoms with Gasteiger partial charge in [-0.25, -0.2) is 9.97 Å². The van der Waals surface area contributed by atoms with Crippen molar-refractivity contribution in [3.8, 4) is 0 Å². The number of para-hydroxylation sites is 1. The maximum atomic E-state index is 5.76. The predicted octanol–water partition coefficient (Wildman–Crippen LogP) is 3.48. The summed E-state index contributed by atoms with van der Waals surface area (Å²) in [5, 5.41) is 3.60. The molecule has 0 unspecified atom stereocenters. The Kier molecular flexibility index (Phi) is 3.37. The van der Waals surface area contributed by atoms with E-state index >= 15 is 0 Å². The largest absolute Gasteiger partial charge is 0.339 e. The minimum absolute atomic E-state index is 0.429. The molecule has 15 heavy (non-hydrogen) atoms. The molecule has 1 N–H and O–H groups in total. The lowest BCUT2D eigenvalue weighted by Gasteiger charge is -2.06. The number of hydrogen-bond acceptors (Lipinski definition) is 3. The molecule has 0 fully saturated rings. The summed E-state index contributed by atoms with van der Waals surface area (Å²) in [4.78, 5) is 7.88. The van der Waals surface area contributed by atoms with Gasteiger partial charge in [0.25, 0.3) is 0 Å². The molecule has 2 rings (SSSR count). The summed E-state index contributed by atoms with van der Waals surface area (Å²) in [7, 11) is 0. The first-order chi connectivity index (χ1) is 7.25. The second-order valence-corrected chi connectivity index (χ2v) is 4.38. The fraction of sp³-hybridized carbons (Fsp3) is 0. The van der Waals surface area contributed by atoms with Crippen molar-refractivity contribution in [2.75, 3.05) is 5.32 Å². The van der Waals surface area contributed by atoms with E-state index in [9.17, 15) is 0 Å². The summed E-state index contributed by atoms with van der Waals surface area (Å²) in [5.74, 6) is 0.694. The molecule has 0 atom stereocenters. The number of nitrogens with one attached hydrogen (secondary N) is 1. The number of halogens is 2. The van der Waals surface area contributed by atoms with Crippen LogP contribution in [-0.2, 0) is 0 Å². The lowest BCUT2D eigenvalue weighted by atomic mass is 10.3. The van der Waals surface area contributed by atoms with Crippen molar-refractivity contribution in [2.45, 2.75) is 0 Å². The number of nitrogens with zero attached hydrogens (tertiary/aromatic N) is 2. The molecule has 0 saturated carbocycles. The van der Waals surface area contributed by atoms with Crippen LogP contribution in [0.15, 0.2) is 36.7 Å². The highest BCUT2D eigenvalue weighted by atomic mass is 127. The van der Waals surface area contributed by atoms with E-state index in [1.54, 1.807) is 6.07 Å². The van der Waals surface area contributed by atoms with Crippen molar-refractivity contribution in [1.29, 1.82) is 0 Å². The maximum Gasteiger partial charge on any atom is 0.135 e. The fourth-order valence-corrected chi connectivity index (χ4v) is 1.77.